The molecule has 0 atom stereocenters. The van der Waals surface area contributed by atoms with E-state index in [9.17, 15) is 0 Å². The van der Waals surface area contributed by atoms with Crippen molar-refractivity contribution < 1.29 is 0 Å². The molecule has 3 nitrogen and oxygen atoms in total. The Morgan fingerprint density at radius 1 is 0.938 bits per heavy atom. The lowest BCUT2D eigenvalue weighted by Crippen LogP contribution is -2.17. The first kappa shape index (κ1) is 13.2. The summed E-state index contributed by atoms with van der Waals surface area (Å²) in [6, 6.07) is 0. The van der Waals surface area contributed by atoms with Crippen LogP contribution in [0.1, 0.15) is 52.9 Å². The van der Waals surface area contributed by atoms with Crippen LogP contribution in [0, 0.1) is 10.8 Å². The summed E-state index contributed by atoms with van der Waals surface area (Å²) in [6.07, 6.45) is 2.02. The van der Waals surface area contributed by atoms with Crippen LogP contribution in [0.5, 0.6) is 0 Å². The number of aromatic nitrogens is 3. The molecule has 1 heterocycles. The van der Waals surface area contributed by atoms with Gasteiger partial charge in [0.2, 0.25) is 0 Å². The van der Waals surface area contributed by atoms with Gasteiger partial charge >= 0.3 is 0 Å². The zero-order valence-corrected chi connectivity index (χ0v) is 11.8. The quantitative estimate of drug-likeness (QED) is 0.771. The van der Waals surface area contributed by atoms with Crippen LogP contribution in [0.25, 0.3) is 0 Å². The zero-order valence-electron chi connectivity index (χ0n) is 11.8. The van der Waals surface area contributed by atoms with Gasteiger partial charge in [-0.25, -0.2) is 0 Å². The van der Waals surface area contributed by atoms with Crippen molar-refractivity contribution in [1.29, 1.82) is 0 Å². The summed E-state index contributed by atoms with van der Waals surface area (Å²) >= 11 is 0. The summed E-state index contributed by atoms with van der Waals surface area (Å²) in [5.41, 5.74) is 2.98. The highest BCUT2D eigenvalue weighted by atomic mass is 15.4. The van der Waals surface area contributed by atoms with Gasteiger partial charge in [0, 0.05) is 7.05 Å². The molecule has 0 saturated heterocycles. The van der Waals surface area contributed by atoms with Crippen molar-refractivity contribution in [2.75, 3.05) is 0 Å². The van der Waals surface area contributed by atoms with Crippen LogP contribution in [0.3, 0.4) is 0 Å². The summed E-state index contributed by atoms with van der Waals surface area (Å²) in [5, 5.41) is 8.45. The number of rotatable bonds is 2. The van der Waals surface area contributed by atoms with Crippen molar-refractivity contribution >= 4 is 0 Å². The molecule has 16 heavy (non-hydrogen) atoms. The number of hydrogen-bond donors (Lipinski definition) is 0. The van der Waals surface area contributed by atoms with Crippen molar-refractivity contribution in [2.24, 2.45) is 17.9 Å². The molecule has 0 bridgehead atoms. The van der Waals surface area contributed by atoms with E-state index in [0.717, 1.165) is 18.5 Å². The maximum absolute atomic E-state index is 4.30. The fraction of sp³-hybridized carbons (Fsp3) is 0.846. The summed E-state index contributed by atoms with van der Waals surface area (Å²) in [5.74, 6) is 0. The highest BCUT2D eigenvalue weighted by molar-refractivity contribution is 5.13. The minimum atomic E-state index is 0.267. The second-order valence-electron chi connectivity index (χ2n) is 7.08. The van der Waals surface area contributed by atoms with Crippen molar-refractivity contribution in [1.82, 2.24) is 15.0 Å². The molecule has 0 fully saturated rings. The third kappa shape index (κ3) is 3.95. The first-order valence-corrected chi connectivity index (χ1v) is 5.96. The monoisotopic (exact) mass is 223 g/mol. The normalized spacial score (nSPS) is 13.2. The summed E-state index contributed by atoms with van der Waals surface area (Å²) in [6.45, 7) is 13.5. The molecule has 92 valence electrons. The molecule has 0 amide bonds. The third-order valence-electron chi connectivity index (χ3n) is 2.42. The van der Waals surface area contributed by atoms with E-state index in [0.29, 0.717) is 0 Å². The van der Waals surface area contributed by atoms with Crippen LogP contribution in [0.2, 0.25) is 0 Å². The van der Waals surface area contributed by atoms with Crippen molar-refractivity contribution in [2.45, 2.75) is 54.4 Å². The standard InChI is InChI=1S/C13H25N3/c1-12(2,3)8-10-11(9-13(4,5)6)16(7)15-14-10/h8-9H2,1-7H3. The van der Waals surface area contributed by atoms with Gasteiger partial charge in [0.05, 0.1) is 11.4 Å². The molecule has 3 heteroatoms. The van der Waals surface area contributed by atoms with Gasteiger partial charge in [-0.05, 0) is 23.7 Å². The van der Waals surface area contributed by atoms with Gasteiger partial charge in [0.25, 0.3) is 0 Å². The van der Waals surface area contributed by atoms with E-state index >= 15 is 0 Å². The Morgan fingerprint density at radius 3 is 1.88 bits per heavy atom. The van der Waals surface area contributed by atoms with Crippen molar-refractivity contribution in [3.05, 3.63) is 11.4 Å². The maximum Gasteiger partial charge on any atom is 0.0864 e. The Balaban J connectivity index is 2.95. The molecule has 0 unspecified atom stereocenters. The number of nitrogens with zero attached hydrogens (tertiary/aromatic N) is 3. The van der Waals surface area contributed by atoms with E-state index < -0.39 is 0 Å². The van der Waals surface area contributed by atoms with Crippen LogP contribution < -0.4 is 0 Å². The lowest BCUT2D eigenvalue weighted by Gasteiger charge is -2.21. The predicted octanol–water partition coefficient (Wildman–Crippen LogP) is 2.99. The van der Waals surface area contributed by atoms with Crippen LogP contribution >= 0.6 is 0 Å². The van der Waals surface area contributed by atoms with Crippen LogP contribution in [0.4, 0.5) is 0 Å². The van der Waals surface area contributed by atoms with E-state index in [1.165, 1.54) is 5.69 Å². The summed E-state index contributed by atoms with van der Waals surface area (Å²) in [7, 11) is 1.99. The average molecular weight is 223 g/mol. The minimum absolute atomic E-state index is 0.267. The molecule has 0 radical (unpaired) electrons. The first-order chi connectivity index (χ1) is 7.08. The molecule has 1 rings (SSSR count). The Morgan fingerprint density at radius 2 is 1.44 bits per heavy atom. The van der Waals surface area contributed by atoms with E-state index in [1.54, 1.807) is 0 Å². The fourth-order valence-corrected chi connectivity index (χ4v) is 1.78. The van der Waals surface area contributed by atoms with Crippen molar-refractivity contribution in [3.63, 3.8) is 0 Å². The number of hydrogen-bond acceptors (Lipinski definition) is 2. The van der Waals surface area contributed by atoms with Gasteiger partial charge in [0.15, 0.2) is 0 Å². The molecule has 0 aliphatic carbocycles. The van der Waals surface area contributed by atoms with Gasteiger partial charge in [-0.2, -0.15) is 0 Å². The van der Waals surface area contributed by atoms with E-state index in [1.807, 2.05) is 11.7 Å². The minimum Gasteiger partial charge on any atom is -0.252 e. The van der Waals surface area contributed by atoms with E-state index in [4.69, 9.17) is 0 Å². The third-order valence-corrected chi connectivity index (χ3v) is 2.42. The van der Waals surface area contributed by atoms with Gasteiger partial charge < -0.3 is 0 Å². The van der Waals surface area contributed by atoms with Gasteiger partial charge in [-0.3, -0.25) is 4.68 Å². The molecule has 0 spiro atoms. The van der Waals surface area contributed by atoms with Gasteiger partial charge in [0.1, 0.15) is 0 Å². The van der Waals surface area contributed by atoms with Gasteiger partial charge in [-0.15, -0.1) is 5.10 Å². The summed E-state index contributed by atoms with van der Waals surface area (Å²) < 4.78 is 1.92. The maximum atomic E-state index is 4.30. The van der Waals surface area contributed by atoms with Crippen LogP contribution in [0.15, 0.2) is 0 Å². The predicted molar refractivity (Wildman–Crippen MR) is 67.3 cm³/mol. The topological polar surface area (TPSA) is 30.7 Å². The first-order valence-electron chi connectivity index (χ1n) is 5.96. The van der Waals surface area contributed by atoms with Crippen molar-refractivity contribution in [3.8, 4) is 0 Å². The molecule has 0 saturated carbocycles. The second kappa shape index (κ2) is 4.19. The molecule has 1 aromatic heterocycles. The van der Waals surface area contributed by atoms with Crippen LogP contribution in [-0.4, -0.2) is 15.0 Å². The number of aryl methyl sites for hydroxylation is 1. The molecule has 0 aliphatic rings. The molecule has 0 aliphatic heterocycles. The smallest absolute Gasteiger partial charge is 0.0864 e. The molecule has 0 aromatic carbocycles. The highest BCUT2D eigenvalue weighted by Gasteiger charge is 2.22. The molecular weight excluding hydrogens is 198 g/mol. The lowest BCUT2D eigenvalue weighted by atomic mass is 9.85. The molecule has 1 aromatic rings. The second-order valence-corrected chi connectivity index (χ2v) is 7.08. The van der Waals surface area contributed by atoms with E-state index in [2.05, 4.69) is 51.9 Å². The Hall–Kier alpha value is -0.860. The van der Waals surface area contributed by atoms with E-state index in [-0.39, 0.29) is 10.8 Å². The largest absolute Gasteiger partial charge is 0.252 e. The molecular formula is C13H25N3. The molecule has 0 N–H and O–H groups in total. The average Bonchev–Trinajstić information content (AvgIpc) is 2.30. The SMILES string of the molecule is Cn1nnc(CC(C)(C)C)c1CC(C)(C)C. The van der Waals surface area contributed by atoms with Gasteiger partial charge in [-0.1, -0.05) is 46.8 Å². The Labute approximate surface area is 99.2 Å². The fourth-order valence-electron chi connectivity index (χ4n) is 1.78. The highest BCUT2D eigenvalue weighted by Crippen LogP contribution is 2.26. The Bertz CT molecular complexity index is 350. The zero-order chi connectivity index (χ0) is 12.6. The van der Waals surface area contributed by atoms with Crippen LogP contribution in [-0.2, 0) is 19.9 Å². The Kier molecular flexibility index (Phi) is 3.46. The summed E-state index contributed by atoms with van der Waals surface area (Å²) in [4.78, 5) is 0. The lowest BCUT2D eigenvalue weighted by molar-refractivity contribution is 0.382.